The van der Waals surface area contributed by atoms with Gasteiger partial charge in [-0.05, 0) is 38.3 Å². The van der Waals surface area contributed by atoms with Gasteiger partial charge < -0.3 is 4.90 Å². The summed E-state index contributed by atoms with van der Waals surface area (Å²) in [5.74, 6) is 1.16. The number of hydrogen-bond acceptors (Lipinski definition) is 2. The molecule has 1 fully saturated rings. The number of rotatable bonds is 5. The third-order valence-electron chi connectivity index (χ3n) is 3.63. The van der Waals surface area contributed by atoms with Crippen LogP contribution in [0.4, 0.5) is 0 Å². The molecule has 0 spiro atoms. The van der Waals surface area contributed by atoms with Gasteiger partial charge in [0.2, 0.25) is 5.91 Å². The van der Waals surface area contributed by atoms with Gasteiger partial charge in [0.25, 0.3) is 0 Å². The fourth-order valence-electron chi connectivity index (χ4n) is 2.32. The summed E-state index contributed by atoms with van der Waals surface area (Å²) in [6, 6.07) is 0. The highest BCUT2D eigenvalue weighted by Crippen LogP contribution is 2.19. The van der Waals surface area contributed by atoms with Gasteiger partial charge in [-0.2, -0.15) is 0 Å². The molecule has 0 N–H and O–H groups in total. The van der Waals surface area contributed by atoms with Crippen molar-refractivity contribution in [3.05, 3.63) is 0 Å². The minimum Gasteiger partial charge on any atom is -0.345 e. The fourth-order valence-corrected chi connectivity index (χ4v) is 2.32. The molecule has 1 saturated heterocycles. The molecule has 1 amide bonds. The second kappa shape index (κ2) is 10.4. The Kier molecular flexibility index (Phi) is 10.0. The Morgan fingerprint density at radius 1 is 1.22 bits per heavy atom. The first-order valence-corrected chi connectivity index (χ1v) is 7.63. The van der Waals surface area contributed by atoms with Crippen molar-refractivity contribution >= 4 is 5.91 Å². The largest absolute Gasteiger partial charge is 0.345 e. The van der Waals surface area contributed by atoms with Crippen molar-refractivity contribution in [2.24, 2.45) is 5.92 Å². The maximum Gasteiger partial charge on any atom is 0.236 e. The van der Waals surface area contributed by atoms with Crippen molar-refractivity contribution in [1.29, 1.82) is 0 Å². The van der Waals surface area contributed by atoms with Crippen LogP contribution >= 0.6 is 0 Å². The molecule has 1 rings (SSSR count). The van der Waals surface area contributed by atoms with E-state index in [4.69, 9.17) is 0 Å². The topological polar surface area (TPSA) is 23.6 Å². The molecule has 0 saturated carbocycles. The predicted molar refractivity (Wildman–Crippen MR) is 78.7 cm³/mol. The smallest absolute Gasteiger partial charge is 0.236 e. The maximum absolute atomic E-state index is 11.8. The molecule has 0 aromatic heterocycles. The van der Waals surface area contributed by atoms with E-state index in [1.165, 1.54) is 19.3 Å². The number of nitrogens with zero attached hydrogens (tertiary/aromatic N) is 2. The molecule has 0 unspecified atom stereocenters. The van der Waals surface area contributed by atoms with Crippen LogP contribution in [0, 0.1) is 5.92 Å². The number of carbonyl (C=O) groups is 1. The van der Waals surface area contributed by atoms with Gasteiger partial charge in [-0.3, -0.25) is 9.69 Å². The Labute approximate surface area is 114 Å². The summed E-state index contributed by atoms with van der Waals surface area (Å²) in [6.07, 6.45) is 4.86. The molecule has 1 aliphatic rings. The number of amides is 1. The number of hydrogen-bond donors (Lipinski definition) is 0. The summed E-state index contributed by atoms with van der Waals surface area (Å²) in [5, 5.41) is 0. The van der Waals surface area contributed by atoms with Crippen LogP contribution in [0.3, 0.4) is 0 Å². The average Bonchev–Trinajstić information content (AvgIpc) is 2.42. The SMILES string of the molecule is CC.CCCN(C)C(=O)CN1CCC(CC)CC1. The zero-order chi connectivity index (χ0) is 14.0. The van der Waals surface area contributed by atoms with Crippen LogP contribution < -0.4 is 0 Å². The molecule has 0 aromatic rings. The molecular weight excluding hydrogens is 224 g/mol. The number of likely N-dealkylation sites (N-methyl/N-ethyl adjacent to an activating group) is 1. The van der Waals surface area contributed by atoms with E-state index in [0.717, 1.165) is 32.0 Å². The minimum atomic E-state index is 0.275. The predicted octanol–water partition coefficient (Wildman–Crippen LogP) is 3.00. The van der Waals surface area contributed by atoms with E-state index in [2.05, 4.69) is 18.7 Å². The van der Waals surface area contributed by atoms with Crippen molar-refractivity contribution in [1.82, 2.24) is 9.80 Å². The van der Waals surface area contributed by atoms with Crippen LogP contribution in [0.15, 0.2) is 0 Å². The monoisotopic (exact) mass is 256 g/mol. The molecule has 0 aliphatic carbocycles. The number of carbonyl (C=O) groups excluding carboxylic acids is 1. The molecule has 108 valence electrons. The Bertz CT molecular complexity index is 211. The molecule has 0 radical (unpaired) electrons. The van der Waals surface area contributed by atoms with Gasteiger partial charge in [-0.15, -0.1) is 0 Å². The molecule has 0 bridgehead atoms. The molecule has 1 aliphatic heterocycles. The van der Waals surface area contributed by atoms with Gasteiger partial charge >= 0.3 is 0 Å². The summed E-state index contributed by atoms with van der Waals surface area (Å²) in [4.78, 5) is 16.0. The average molecular weight is 256 g/mol. The van der Waals surface area contributed by atoms with E-state index in [1.54, 1.807) is 0 Å². The summed E-state index contributed by atoms with van der Waals surface area (Å²) in [5.41, 5.74) is 0. The lowest BCUT2D eigenvalue weighted by Gasteiger charge is -2.32. The van der Waals surface area contributed by atoms with Gasteiger partial charge in [0.1, 0.15) is 0 Å². The molecule has 0 atom stereocenters. The number of likely N-dealkylation sites (tertiary alicyclic amines) is 1. The second-order valence-corrected chi connectivity index (χ2v) is 4.94. The fraction of sp³-hybridized carbons (Fsp3) is 0.933. The van der Waals surface area contributed by atoms with Crippen molar-refractivity contribution in [2.75, 3.05) is 33.2 Å². The maximum atomic E-state index is 11.8. The Hall–Kier alpha value is -0.570. The zero-order valence-electron chi connectivity index (χ0n) is 13.0. The lowest BCUT2D eigenvalue weighted by molar-refractivity contribution is -0.131. The lowest BCUT2D eigenvalue weighted by atomic mass is 9.94. The number of piperidine rings is 1. The summed E-state index contributed by atoms with van der Waals surface area (Å²) < 4.78 is 0. The van der Waals surface area contributed by atoms with Gasteiger partial charge in [0.05, 0.1) is 6.54 Å². The molecule has 18 heavy (non-hydrogen) atoms. The van der Waals surface area contributed by atoms with Gasteiger partial charge in [0, 0.05) is 13.6 Å². The van der Waals surface area contributed by atoms with E-state index in [0.29, 0.717) is 6.54 Å². The van der Waals surface area contributed by atoms with Gasteiger partial charge in [0.15, 0.2) is 0 Å². The quantitative estimate of drug-likeness (QED) is 0.755. The highest BCUT2D eigenvalue weighted by Gasteiger charge is 2.20. The van der Waals surface area contributed by atoms with Gasteiger partial charge in [-0.25, -0.2) is 0 Å². The van der Waals surface area contributed by atoms with Crippen LogP contribution in [-0.2, 0) is 4.79 Å². The summed E-state index contributed by atoms with van der Waals surface area (Å²) in [7, 11) is 1.91. The van der Waals surface area contributed by atoms with E-state index in [9.17, 15) is 4.79 Å². The normalized spacial score (nSPS) is 16.9. The Morgan fingerprint density at radius 2 is 1.78 bits per heavy atom. The van der Waals surface area contributed by atoms with Crippen molar-refractivity contribution in [2.45, 2.75) is 53.4 Å². The molecule has 3 heteroatoms. The van der Waals surface area contributed by atoms with E-state index in [-0.39, 0.29) is 5.91 Å². The third-order valence-corrected chi connectivity index (χ3v) is 3.63. The van der Waals surface area contributed by atoms with Crippen molar-refractivity contribution < 1.29 is 4.79 Å². The third kappa shape index (κ3) is 6.39. The Balaban J connectivity index is 0.00000137. The molecule has 1 heterocycles. The lowest BCUT2D eigenvalue weighted by Crippen LogP contribution is -2.42. The van der Waals surface area contributed by atoms with Crippen LogP contribution in [0.2, 0.25) is 0 Å². The van der Waals surface area contributed by atoms with Crippen LogP contribution in [0.5, 0.6) is 0 Å². The van der Waals surface area contributed by atoms with E-state index in [1.807, 2.05) is 25.8 Å². The van der Waals surface area contributed by atoms with E-state index >= 15 is 0 Å². The Morgan fingerprint density at radius 3 is 2.22 bits per heavy atom. The molecule has 0 aromatic carbocycles. The summed E-state index contributed by atoms with van der Waals surface area (Å²) in [6.45, 7) is 12.1. The van der Waals surface area contributed by atoms with Crippen molar-refractivity contribution in [3.8, 4) is 0 Å². The van der Waals surface area contributed by atoms with E-state index < -0.39 is 0 Å². The first-order valence-electron chi connectivity index (χ1n) is 7.63. The molecule has 3 nitrogen and oxygen atoms in total. The standard InChI is InChI=1S/C13H26N2O.C2H6/c1-4-8-14(3)13(16)11-15-9-6-12(5-2)7-10-15;1-2/h12H,4-11H2,1-3H3;1-2H3. The minimum absolute atomic E-state index is 0.275. The van der Waals surface area contributed by atoms with Crippen LogP contribution in [-0.4, -0.2) is 48.9 Å². The van der Waals surface area contributed by atoms with Crippen molar-refractivity contribution in [3.63, 3.8) is 0 Å². The second-order valence-electron chi connectivity index (χ2n) is 4.94. The van der Waals surface area contributed by atoms with Crippen LogP contribution in [0.25, 0.3) is 0 Å². The zero-order valence-corrected chi connectivity index (χ0v) is 13.0. The van der Waals surface area contributed by atoms with Crippen LogP contribution in [0.1, 0.15) is 53.4 Å². The van der Waals surface area contributed by atoms with Gasteiger partial charge in [-0.1, -0.05) is 34.1 Å². The highest BCUT2D eigenvalue weighted by molar-refractivity contribution is 5.77. The first-order chi connectivity index (χ1) is 8.67. The highest BCUT2D eigenvalue weighted by atomic mass is 16.2. The first kappa shape index (κ1) is 17.4. The summed E-state index contributed by atoms with van der Waals surface area (Å²) >= 11 is 0. The molecular formula is C15H32N2O.